The molecule has 3 heterocycles. The van der Waals surface area contributed by atoms with Gasteiger partial charge in [0, 0.05) is 25.2 Å². The van der Waals surface area contributed by atoms with Crippen molar-refractivity contribution in [3.63, 3.8) is 0 Å². The Morgan fingerprint density at radius 2 is 2.06 bits per heavy atom. The summed E-state index contributed by atoms with van der Waals surface area (Å²) in [7, 11) is 0. The van der Waals surface area contributed by atoms with Gasteiger partial charge in [-0.2, -0.15) is 5.10 Å². The third-order valence-corrected chi connectivity index (χ3v) is 6.12. The second kappa shape index (κ2) is 10.5. The number of fused-ring (bicyclic) bond motifs is 1. The van der Waals surface area contributed by atoms with Gasteiger partial charge >= 0.3 is 5.97 Å². The number of hydrogen-bond acceptors (Lipinski definition) is 6. The number of nitrogens with one attached hydrogen (secondary N) is 2. The molecule has 34 heavy (non-hydrogen) atoms. The van der Waals surface area contributed by atoms with E-state index in [0.29, 0.717) is 18.7 Å². The number of nitrogens with zero attached hydrogens (tertiary/aromatic N) is 3. The molecule has 1 aliphatic rings. The van der Waals surface area contributed by atoms with E-state index in [4.69, 9.17) is 0 Å². The molecule has 1 unspecified atom stereocenters. The van der Waals surface area contributed by atoms with Crippen molar-refractivity contribution in [1.82, 2.24) is 20.1 Å². The molecule has 3 aromatic rings. The maximum Gasteiger partial charge on any atom is 0.305 e. The van der Waals surface area contributed by atoms with Crippen molar-refractivity contribution in [3.05, 3.63) is 76.2 Å². The average Bonchev–Trinajstić information content (AvgIpc) is 3.25. The van der Waals surface area contributed by atoms with Gasteiger partial charge in [0.15, 0.2) is 0 Å². The van der Waals surface area contributed by atoms with Crippen LogP contribution in [0, 0.1) is 6.92 Å². The first-order valence-corrected chi connectivity index (χ1v) is 11.4. The Hall–Kier alpha value is -3.72. The number of pyridine rings is 1. The first-order chi connectivity index (χ1) is 16.5. The number of carboxylic acid groups (broad SMARTS) is 1. The van der Waals surface area contributed by atoms with Crippen LogP contribution in [0.4, 0.5) is 5.82 Å². The van der Waals surface area contributed by atoms with E-state index in [1.165, 1.54) is 11.8 Å². The Morgan fingerprint density at radius 3 is 2.82 bits per heavy atom. The van der Waals surface area contributed by atoms with Crippen LogP contribution in [0.5, 0.6) is 0 Å². The lowest BCUT2D eigenvalue weighted by Crippen LogP contribution is -2.31. The van der Waals surface area contributed by atoms with Gasteiger partial charge in [0.1, 0.15) is 5.82 Å². The molecular weight excluding hydrogens is 434 g/mol. The minimum atomic E-state index is -1.02. The van der Waals surface area contributed by atoms with E-state index in [2.05, 4.69) is 26.8 Å². The Balaban J connectivity index is 1.49. The largest absolute Gasteiger partial charge is 0.481 e. The highest BCUT2D eigenvalue weighted by molar-refractivity contribution is 5.95. The highest BCUT2D eigenvalue weighted by Gasteiger charge is 2.23. The number of aliphatic hydroxyl groups is 1. The van der Waals surface area contributed by atoms with Crippen LogP contribution in [0.2, 0.25) is 0 Å². The topological polar surface area (TPSA) is 129 Å². The maximum atomic E-state index is 13.1. The van der Waals surface area contributed by atoms with Crippen molar-refractivity contribution in [1.29, 1.82) is 0 Å². The summed E-state index contributed by atoms with van der Waals surface area (Å²) >= 11 is 0. The number of aryl methyl sites for hydroxylation is 4. The fourth-order valence-electron chi connectivity index (χ4n) is 4.32. The molecule has 0 saturated heterocycles. The predicted octanol–water partition coefficient (Wildman–Crippen LogP) is 2.63. The van der Waals surface area contributed by atoms with Crippen molar-refractivity contribution >= 4 is 17.7 Å². The number of carbonyl (C=O) groups is 2. The number of aromatic nitrogens is 3. The second-order valence-corrected chi connectivity index (χ2v) is 8.46. The molecule has 0 fully saturated rings. The number of carboxylic acids is 1. The number of hydrogen-bond donors (Lipinski definition) is 4. The molecule has 2 aromatic heterocycles. The van der Waals surface area contributed by atoms with Crippen LogP contribution >= 0.6 is 0 Å². The number of benzene rings is 1. The minimum Gasteiger partial charge on any atom is -0.481 e. The molecule has 1 aromatic carbocycles. The van der Waals surface area contributed by atoms with Gasteiger partial charge in [0.25, 0.3) is 5.91 Å². The molecule has 4 rings (SSSR count). The molecule has 9 heteroatoms. The van der Waals surface area contributed by atoms with Crippen LogP contribution in [0.15, 0.2) is 42.6 Å². The number of rotatable bonds is 9. The molecule has 0 bridgehead atoms. The standard InChI is InChI=1S/C25H29N5O4/c1-16-5-2-3-7-19(16)21(13-23(32)33)29-25(34)20-14-27-30(22(20)15-31)12-10-18-9-8-17-6-4-11-26-24(17)28-18/h2-3,5,7-9,14,21,31H,4,6,10-13,15H2,1H3,(H,26,28)(H,29,34)(H,32,33). The summed E-state index contributed by atoms with van der Waals surface area (Å²) in [4.78, 5) is 29.2. The molecular formula is C25H29N5O4. The number of aliphatic carboxylic acids is 1. The van der Waals surface area contributed by atoms with E-state index in [9.17, 15) is 19.8 Å². The number of aliphatic hydroxyl groups excluding tert-OH is 1. The predicted molar refractivity (Wildman–Crippen MR) is 127 cm³/mol. The summed E-state index contributed by atoms with van der Waals surface area (Å²) in [6, 6.07) is 10.7. The van der Waals surface area contributed by atoms with Crippen LogP contribution in [-0.2, 0) is 30.8 Å². The SMILES string of the molecule is Cc1ccccc1C(CC(=O)O)NC(=O)c1cnn(CCc2ccc3c(n2)NCCC3)c1CO. The lowest BCUT2D eigenvalue weighted by Gasteiger charge is -2.19. The smallest absolute Gasteiger partial charge is 0.305 e. The number of carbonyl (C=O) groups excluding carboxylic acids is 1. The minimum absolute atomic E-state index is 0.228. The quantitative estimate of drug-likeness (QED) is 0.384. The highest BCUT2D eigenvalue weighted by Crippen LogP contribution is 2.23. The molecule has 4 N–H and O–H groups in total. The van der Waals surface area contributed by atoms with Crippen molar-refractivity contribution in [2.24, 2.45) is 0 Å². The monoisotopic (exact) mass is 463 g/mol. The van der Waals surface area contributed by atoms with Gasteiger partial charge in [-0.1, -0.05) is 30.3 Å². The molecule has 1 atom stereocenters. The lowest BCUT2D eigenvalue weighted by molar-refractivity contribution is -0.137. The maximum absolute atomic E-state index is 13.1. The van der Waals surface area contributed by atoms with Crippen LogP contribution in [0.25, 0.3) is 0 Å². The zero-order valence-electron chi connectivity index (χ0n) is 19.1. The third kappa shape index (κ3) is 5.26. The van der Waals surface area contributed by atoms with E-state index in [0.717, 1.165) is 42.0 Å². The van der Waals surface area contributed by atoms with Gasteiger partial charge in [-0.15, -0.1) is 0 Å². The molecule has 9 nitrogen and oxygen atoms in total. The first kappa shape index (κ1) is 23.4. The fraction of sp³-hybridized carbons (Fsp3) is 0.360. The molecule has 1 aliphatic heterocycles. The van der Waals surface area contributed by atoms with E-state index in [1.54, 1.807) is 10.7 Å². The van der Waals surface area contributed by atoms with E-state index >= 15 is 0 Å². The zero-order valence-corrected chi connectivity index (χ0v) is 19.1. The van der Waals surface area contributed by atoms with Crippen molar-refractivity contribution in [3.8, 4) is 0 Å². The highest BCUT2D eigenvalue weighted by atomic mass is 16.4. The summed E-state index contributed by atoms with van der Waals surface area (Å²) in [5, 5.41) is 29.8. The Bertz CT molecular complexity index is 1190. The average molecular weight is 464 g/mol. The van der Waals surface area contributed by atoms with Gasteiger partial charge in [0.2, 0.25) is 0 Å². The lowest BCUT2D eigenvalue weighted by atomic mass is 9.98. The van der Waals surface area contributed by atoms with E-state index in [1.807, 2.05) is 31.2 Å². The van der Waals surface area contributed by atoms with E-state index < -0.39 is 17.9 Å². The molecule has 0 aliphatic carbocycles. The molecule has 0 radical (unpaired) electrons. The van der Waals surface area contributed by atoms with E-state index in [-0.39, 0.29) is 18.6 Å². The van der Waals surface area contributed by atoms with Crippen LogP contribution in [0.1, 0.15) is 57.3 Å². The second-order valence-electron chi connectivity index (χ2n) is 8.46. The zero-order chi connectivity index (χ0) is 24.1. The first-order valence-electron chi connectivity index (χ1n) is 11.4. The summed E-state index contributed by atoms with van der Waals surface area (Å²) < 4.78 is 1.60. The molecule has 178 valence electrons. The summed E-state index contributed by atoms with van der Waals surface area (Å²) in [6.07, 6.45) is 3.88. The normalized spacial score (nSPS) is 13.6. The number of amides is 1. The molecule has 0 spiro atoms. The van der Waals surface area contributed by atoms with Crippen LogP contribution in [-0.4, -0.2) is 43.4 Å². The summed E-state index contributed by atoms with van der Waals surface area (Å²) in [6.45, 7) is 2.88. The van der Waals surface area contributed by atoms with Crippen molar-refractivity contribution in [2.75, 3.05) is 11.9 Å². The summed E-state index contributed by atoms with van der Waals surface area (Å²) in [5.41, 5.74) is 4.36. The van der Waals surface area contributed by atoms with Gasteiger partial charge < -0.3 is 20.8 Å². The van der Waals surface area contributed by atoms with Gasteiger partial charge in [-0.25, -0.2) is 4.98 Å². The Morgan fingerprint density at radius 1 is 1.24 bits per heavy atom. The molecule has 1 amide bonds. The number of anilines is 1. The summed E-state index contributed by atoms with van der Waals surface area (Å²) in [5.74, 6) is -0.563. The Labute approximate surface area is 197 Å². The van der Waals surface area contributed by atoms with Crippen LogP contribution < -0.4 is 10.6 Å². The van der Waals surface area contributed by atoms with Crippen molar-refractivity contribution < 1.29 is 19.8 Å². The van der Waals surface area contributed by atoms with Gasteiger partial charge in [-0.3, -0.25) is 14.3 Å². The van der Waals surface area contributed by atoms with Gasteiger partial charge in [0.05, 0.1) is 36.5 Å². The Kier molecular flexibility index (Phi) is 7.22. The third-order valence-electron chi connectivity index (χ3n) is 6.12. The fourth-order valence-corrected chi connectivity index (χ4v) is 4.32. The van der Waals surface area contributed by atoms with Gasteiger partial charge in [-0.05, 0) is 42.5 Å². The van der Waals surface area contributed by atoms with Crippen molar-refractivity contribution in [2.45, 2.75) is 51.8 Å². The van der Waals surface area contributed by atoms with Crippen LogP contribution in [0.3, 0.4) is 0 Å². The molecule has 0 saturated carbocycles.